The van der Waals surface area contributed by atoms with Crippen LogP contribution in [-0.2, 0) is 10.4 Å². The van der Waals surface area contributed by atoms with Crippen molar-refractivity contribution in [3.05, 3.63) is 0 Å². The maximum Gasteiger partial charge on any atom is 2.00 e. The topological polar surface area (TPSA) is 206 Å². The minimum absolute atomic E-state index is 0. The van der Waals surface area contributed by atoms with Gasteiger partial charge in [-0.25, -0.2) is 0 Å². The molecule has 0 saturated heterocycles. The Morgan fingerprint density at radius 1 is 0.929 bits per heavy atom. The van der Waals surface area contributed by atoms with Gasteiger partial charge in [-0.05, 0) is 6.16 Å². The zero-order valence-corrected chi connectivity index (χ0v) is 16.0. The van der Waals surface area contributed by atoms with Crippen LogP contribution in [0.5, 0.6) is 0 Å². The van der Waals surface area contributed by atoms with Gasteiger partial charge in [0.1, 0.15) is 0 Å². The van der Waals surface area contributed by atoms with Gasteiger partial charge in [-0.15, -0.1) is 0 Å². The minimum atomic E-state index is -5.17. The Balaban J connectivity index is -0.0000000104. The molecule has 0 aromatic rings. The van der Waals surface area contributed by atoms with Crippen LogP contribution in [-0.4, -0.2) is 57.7 Å². The van der Waals surface area contributed by atoms with Crippen molar-refractivity contribution in [1.29, 1.82) is 0 Å². The molecule has 0 heterocycles. The number of hydrogen-bond donors (Lipinski definition) is 0. The largest absolute Gasteiger partial charge is 2.00 e. The van der Waals surface area contributed by atoms with E-state index in [9.17, 15) is 0 Å². The first kappa shape index (κ1) is 43.5. The molecule has 0 bridgehead atoms. The second-order valence-electron chi connectivity index (χ2n) is 0.658. The summed E-state index contributed by atoms with van der Waals surface area (Å²) >= 11 is 0. The maximum absolute atomic E-state index is 8.52. The zero-order chi connectivity index (χ0) is 8.08. The van der Waals surface area contributed by atoms with E-state index < -0.39 is 16.6 Å². The molecule has 72 valence electrons. The molecule has 0 rings (SSSR count). The van der Waals surface area contributed by atoms with E-state index in [2.05, 4.69) is 0 Å². The summed E-state index contributed by atoms with van der Waals surface area (Å²) in [5.74, 6) is 0. The van der Waals surface area contributed by atoms with Gasteiger partial charge in [-0.1, -0.05) is 0 Å². The number of carbonyl (C=O) groups is 1. The monoisotopic (exact) mass is 294 g/mol. The molecule has 13 heteroatoms. The predicted molar refractivity (Wildman–Crippen MR) is 28.9 cm³/mol. The van der Waals surface area contributed by atoms with Crippen LogP contribution in [0.25, 0.3) is 0 Å². The summed E-state index contributed by atoms with van der Waals surface area (Å²) in [7, 11) is -5.17. The van der Waals surface area contributed by atoms with E-state index in [0.717, 1.165) is 0 Å². The molecule has 9 nitrogen and oxygen atoms in total. The third kappa shape index (κ3) is 313. The first-order chi connectivity index (χ1) is 3.73. The van der Waals surface area contributed by atoms with Crippen molar-refractivity contribution in [1.82, 2.24) is 0 Å². The molecule has 0 saturated carbocycles. The van der Waals surface area contributed by atoms with E-state index in [1.165, 1.54) is 0 Å². The molecule has 4 N–H and O–H groups in total. The molecule has 0 aromatic heterocycles. The molecule has 0 aliphatic rings. The van der Waals surface area contributed by atoms with E-state index in [4.69, 9.17) is 32.5 Å². The van der Waals surface area contributed by atoms with Crippen LogP contribution < -0.4 is 113 Å². The Labute approximate surface area is 181 Å². The second-order valence-corrected chi connectivity index (χ2v) is 1.47. The Morgan fingerprint density at radius 2 is 0.929 bits per heavy atom. The van der Waals surface area contributed by atoms with Crippen molar-refractivity contribution >= 4 is 39.6 Å². The van der Waals surface area contributed by atoms with Crippen molar-refractivity contribution in [2.24, 2.45) is 0 Å². The number of hydrogen-bond acceptors (Lipinski definition) is 7. The smallest absolute Gasteiger partial charge is 0.759 e. The van der Waals surface area contributed by atoms with Gasteiger partial charge in [0, 0.05) is 10.4 Å². The van der Waals surface area contributed by atoms with Crippen LogP contribution in [0.4, 0.5) is 4.79 Å². The Hall–Kier alpha value is 3.10. The molecule has 0 radical (unpaired) electrons. The van der Waals surface area contributed by atoms with E-state index in [1.54, 1.807) is 0 Å². The number of carboxylic acid groups (broad SMARTS) is 2. The van der Waals surface area contributed by atoms with Gasteiger partial charge in [-0.3, -0.25) is 8.42 Å². The molecule has 0 spiro atoms. The van der Waals surface area contributed by atoms with Crippen molar-refractivity contribution in [3.63, 3.8) is 0 Å². The Kier molecular flexibility index (Phi) is 77.8. The average molecular weight is 295 g/mol. The van der Waals surface area contributed by atoms with Gasteiger partial charge in [0.2, 0.25) is 0 Å². The van der Waals surface area contributed by atoms with E-state index in [1.807, 2.05) is 0 Å². The van der Waals surface area contributed by atoms with E-state index >= 15 is 0 Å². The molecule has 0 aliphatic carbocycles. The van der Waals surface area contributed by atoms with Crippen LogP contribution in [0.2, 0.25) is 0 Å². The molecule has 14 heavy (non-hydrogen) atoms. The predicted octanol–water partition coefficient (Wildman–Crippen LogP) is -11.8. The van der Waals surface area contributed by atoms with Gasteiger partial charge < -0.3 is 35.1 Å². The van der Waals surface area contributed by atoms with Crippen molar-refractivity contribution < 1.29 is 146 Å². The Bertz CT molecular complexity index is 165. The first-order valence-corrected chi connectivity index (χ1v) is 2.61. The maximum atomic E-state index is 8.52. The van der Waals surface area contributed by atoms with Crippen molar-refractivity contribution in [3.8, 4) is 0 Å². The van der Waals surface area contributed by atoms with Gasteiger partial charge in [0.25, 0.3) is 0 Å². The van der Waals surface area contributed by atoms with Gasteiger partial charge in [0.15, 0.2) is 0 Å². The first-order valence-electron chi connectivity index (χ1n) is 1.28. The summed E-state index contributed by atoms with van der Waals surface area (Å²) in [5.41, 5.74) is 0. The summed E-state index contributed by atoms with van der Waals surface area (Å²) < 4.78 is 34.1. The fourth-order valence-electron chi connectivity index (χ4n) is 0. The summed E-state index contributed by atoms with van der Waals surface area (Å²) in [6, 6.07) is 0. The molecule has 0 atom stereocenters. The van der Waals surface area contributed by atoms with E-state index in [-0.39, 0.29) is 137 Å². The second kappa shape index (κ2) is 25.1. The zero-order valence-electron chi connectivity index (χ0n) is 7.47. The van der Waals surface area contributed by atoms with Crippen molar-refractivity contribution in [2.75, 3.05) is 0 Å². The molecule has 0 amide bonds. The number of rotatable bonds is 0. The molecule has 0 fully saturated rings. The number of carbonyl (C=O) groups excluding carboxylic acids is 1. The van der Waals surface area contributed by atoms with Crippen LogP contribution in [0.1, 0.15) is 0 Å². The SMILES string of the molecule is O.O.O=C([O-])[O-].O=S(=O)([O-])[O-].[K+].[K+].[Mg+2]. The van der Waals surface area contributed by atoms with Gasteiger partial charge in [-0.2, -0.15) is 0 Å². The summed E-state index contributed by atoms with van der Waals surface area (Å²) in [4.78, 5) is 8.33. The molecule has 0 aromatic carbocycles. The summed E-state index contributed by atoms with van der Waals surface area (Å²) in [5, 5.41) is 16.7. The normalized spacial score (nSPS) is 5.86. The summed E-state index contributed by atoms with van der Waals surface area (Å²) in [6.45, 7) is 0. The van der Waals surface area contributed by atoms with Gasteiger partial charge >= 0.3 is 126 Å². The minimum Gasteiger partial charge on any atom is -0.759 e. The van der Waals surface area contributed by atoms with E-state index in [0.29, 0.717) is 0 Å². The molecule has 0 unspecified atom stereocenters. The fourth-order valence-corrected chi connectivity index (χ4v) is 0. The fraction of sp³-hybridized carbons (Fsp3) is 0. The third-order valence-electron chi connectivity index (χ3n) is 0. The molecular formula is CH4K2MgO9S. The quantitative estimate of drug-likeness (QED) is 0.239. The van der Waals surface area contributed by atoms with Crippen LogP contribution in [0.3, 0.4) is 0 Å². The average Bonchev–Trinajstić information content (AvgIpc) is 1.19. The van der Waals surface area contributed by atoms with Crippen LogP contribution >= 0.6 is 0 Å². The standard InChI is InChI=1S/CH2O3.2K.Mg.H2O4S.2H2O/c2-1(3)4;;;;1-5(2,3)4;;/h(H2,2,3,4);;;;(H2,1,2,3,4);2*1H2/q;2*+1;+2;;;/p-4. The van der Waals surface area contributed by atoms with Crippen LogP contribution in [0.15, 0.2) is 0 Å². The van der Waals surface area contributed by atoms with Crippen LogP contribution in [0, 0.1) is 0 Å². The molecule has 0 aliphatic heterocycles. The summed E-state index contributed by atoms with van der Waals surface area (Å²) in [6.07, 6.45) is -2.33. The van der Waals surface area contributed by atoms with Gasteiger partial charge in [0.05, 0.1) is 0 Å². The molecular weight excluding hydrogens is 291 g/mol. The Morgan fingerprint density at radius 3 is 0.929 bits per heavy atom. The van der Waals surface area contributed by atoms with Crippen molar-refractivity contribution in [2.45, 2.75) is 0 Å². The third-order valence-corrected chi connectivity index (χ3v) is 0.